The van der Waals surface area contributed by atoms with Crippen molar-refractivity contribution in [2.45, 2.75) is 90.0 Å². The summed E-state index contributed by atoms with van der Waals surface area (Å²) in [6.07, 6.45) is -5.60. The number of hydrogen-bond acceptors (Lipinski definition) is 12. The van der Waals surface area contributed by atoms with E-state index in [4.69, 9.17) is 39.5 Å². The molecule has 0 bridgehead atoms. The van der Waals surface area contributed by atoms with Crippen LogP contribution in [-0.4, -0.2) is 84.4 Å². The minimum absolute atomic E-state index is 0.119. The van der Waals surface area contributed by atoms with Gasteiger partial charge in [-0.3, -0.25) is 9.59 Å². The van der Waals surface area contributed by atoms with Crippen LogP contribution < -0.4 is 0 Å². The Morgan fingerprint density at radius 1 is 0.750 bits per heavy atom. The van der Waals surface area contributed by atoms with Gasteiger partial charge >= 0.3 is 11.9 Å². The summed E-state index contributed by atoms with van der Waals surface area (Å²) in [5.74, 6) is -1.97. The molecule has 0 radical (unpaired) electrons. The van der Waals surface area contributed by atoms with Crippen LogP contribution in [0.3, 0.4) is 0 Å². The Morgan fingerprint density at radius 2 is 1.21 bits per heavy atom. The Labute approximate surface area is 278 Å². The lowest BCUT2D eigenvalue weighted by Crippen LogP contribution is -2.56. The zero-order chi connectivity index (χ0) is 35.1. The van der Waals surface area contributed by atoms with Gasteiger partial charge in [-0.1, -0.05) is 84.7 Å². The Bertz CT molecular complexity index is 1390. The highest BCUT2D eigenvalue weighted by molar-refractivity contribution is 5.67. The maximum absolute atomic E-state index is 11.4. The first-order valence-electron chi connectivity index (χ1n) is 15.4. The van der Waals surface area contributed by atoms with Crippen LogP contribution in [0.25, 0.3) is 20.9 Å². The third-order valence-electron chi connectivity index (χ3n) is 7.82. The van der Waals surface area contributed by atoms with Gasteiger partial charge in [-0.25, -0.2) is 0 Å². The van der Waals surface area contributed by atoms with Gasteiger partial charge < -0.3 is 38.6 Å². The Kier molecular flexibility index (Phi) is 15.6. The molecule has 0 aliphatic carbocycles. The quantitative estimate of drug-likeness (QED) is 0.140. The van der Waals surface area contributed by atoms with E-state index >= 15 is 0 Å². The first kappa shape index (κ1) is 38.2. The molecule has 0 amide bonds. The van der Waals surface area contributed by atoms with Crippen molar-refractivity contribution in [1.29, 1.82) is 0 Å². The predicted octanol–water partition coefficient (Wildman–Crippen LogP) is 4.33. The highest BCUT2D eigenvalue weighted by Crippen LogP contribution is 2.32. The molecular weight excluding hydrogens is 628 g/mol. The van der Waals surface area contributed by atoms with Crippen LogP contribution in [0.15, 0.2) is 70.9 Å². The average Bonchev–Trinajstić information content (AvgIpc) is 3.06. The molecule has 10 atom stereocenters. The average molecular weight is 671 g/mol. The van der Waals surface area contributed by atoms with Crippen molar-refractivity contribution in [2.75, 3.05) is 13.2 Å². The van der Waals surface area contributed by atoms with Crippen LogP contribution >= 0.6 is 0 Å². The van der Waals surface area contributed by atoms with E-state index in [1.165, 1.54) is 13.8 Å². The zero-order valence-electron chi connectivity index (χ0n) is 27.2. The number of azide groups is 2. The fourth-order valence-corrected chi connectivity index (χ4v) is 5.35. The molecule has 0 spiro atoms. The lowest BCUT2D eigenvalue weighted by molar-refractivity contribution is -0.263. The zero-order valence-corrected chi connectivity index (χ0v) is 27.2. The molecule has 0 aromatic heterocycles. The van der Waals surface area contributed by atoms with E-state index in [1.807, 2.05) is 60.7 Å². The molecule has 2 heterocycles. The third kappa shape index (κ3) is 11.5. The summed E-state index contributed by atoms with van der Waals surface area (Å²) in [7, 11) is 0. The predicted molar refractivity (Wildman–Crippen MR) is 169 cm³/mol. The van der Waals surface area contributed by atoms with Crippen molar-refractivity contribution in [3.8, 4) is 0 Å². The van der Waals surface area contributed by atoms with E-state index in [0.29, 0.717) is 13.2 Å². The van der Waals surface area contributed by atoms with E-state index in [2.05, 4.69) is 20.1 Å². The van der Waals surface area contributed by atoms with Crippen LogP contribution in [-0.2, 0) is 51.2 Å². The second-order valence-electron chi connectivity index (χ2n) is 11.4. The molecule has 2 fully saturated rings. The maximum Gasteiger partial charge on any atom is 0.305 e. The van der Waals surface area contributed by atoms with Crippen molar-refractivity contribution in [1.82, 2.24) is 0 Å². The first-order valence-corrected chi connectivity index (χ1v) is 15.4. The smallest absolute Gasteiger partial charge is 0.305 e. The Balaban J connectivity index is 0.000000269. The minimum atomic E-state index is -1.30. The molecule has 48 heavy (non-hydrogen) atoms. The molecule has 2 aromatic rings. The van der Waals surface area contributed by atoms with Gasteiger partial charge in [0.25, 0.3) is 0 Å². The van der Waals surface area contributed by atoms with Crippen molar-refractivity contribution in [2.24, 2.45) is 22.1 Å². The first-order chi connectivity index (χ1) is 23.0. The minimum Gasteiger partial charge on any atom is -0.456 e. The van der Waals surface area contributed by atoms with Crippen molar-refractivity contribution in [3.63, 3.8) is 0 Å². The van der Waals surface area contributed by atoms with E-state index in [1.54, 1.807) is 13.8 Å². The van der Waals surface area contributed by atoms with Gasteiger partial charge in [-0.05, 0) is 28.1 Å². The van der Waals surface area contributed by atoms with E-state index in [-0.39, 0.29) is 13.2 Å². The largest absolute Gasteiger partial charge is 0.456 e. The number of nitrogens with zero attached hydrogens (tertiary/aromatic N) is 6. The number of rotatable bonds is 12. The topological polar surface area (TPSA) is 227 Å². The number of hydrogen-bond donors (Lipinski definition) is 2. The van der Waals surface area contributed by atoms with Crippen LogP contribution in [0.4, 0.5) is 0 Å². The fourth-order valence-electron chi connectivity index (χ4n) is 5.35. The fraction of sp³-hybridized carbons (Fsp3) is 0.562. The highest BCUT2D eigenvalue weighted by atomic mass is 16.7. The van der Waals surface area contributed by atoms with Crippen LogP contribution in [0.5, 0.6) is 0 Å². The summed E-state index contributed by atoms with van der Waals surface area (Å²) < 4.78 is 32.7. The molecule has 4 rings (SSSR count). The molecule has 2 aliphatic heterocycles. The van der Waals surface area contributed by atoms with Gasteiger partial charge in [0, 0.05) is 29.6 Å². The van der Waals surface area contributed by atoms with E-state index < -0.39 is 72.9 Å². The third-order valence-corrected chi connectivity index (χ3v) is 7.82. The van der Waals surface area contributed by atoms with Crippen molar-refractivity contribution in [3.05, 3.63) is 92.7 Å². The second kappa shape index (κ2) is 19.5. The van der Waals surface area contributed by atoms with Gasteiger partial charge in [0.15, 0.2) is 12.4 Å². The van der Waals surface area contributed by atoms with Gasteiger partial charge in [-0.15, -0.1) is 0 Å². The number of carbonyl (C=O) groups excluding carboxylic acids is 2. The molecule has 2 saturated heterocycles. The van der Waals surface area contributed by atoms with Crippen LogP contribution in [0.2, 0.25) is 0 Å². The summed E-state index contributed by atoms with van der Waals surface area (Å²) in [5.41, 5.74) is 19.5. The number of benzene rings is 2. The van der Waals surface area contributed by atoms with Gasteiger partial charge in [0.05, 0.1) is 50.7 Å². The molecule has 4 unspecified atom stereocenters. The molecule has 16 nitrogen and oxygen atoms in total. The monoisotopic (exact) mass is 670 g/mol. The molecule has 260 valence electrons. The highest BCUT2D eigenvalue weighted by Gasteiger charge is 2.47. The van der Waals surface area contributed by atoms with Crippen LogP contribution in [0.1, 0.15) is 38.8 Å². The number of carbonyl (C=O) groups is 2. The standard InChI is InChI=1S/C18H23N3O6.C14H19N3O4/c1-11-16(20-21-19)15(10-24-9-14-7-5-4-6-8-14)27-18(26-13(3)23)17(11)25-12(2)22;1-9-12(16-17-15)11(21-14(19)13(9)18)8-20-7-10-5-3-2-4-6-10/h4-8,11,15-18H,9-10H2,1-3H3;2-6,9,11-14,18-19H,7-8H2,1H3/t11-,15?,16+,17?,18+;9-,11?,12+,13?,14+/m00/s1. The molecule has 2 aromatic carbocycles. The number of aliphatic hydroxyl groups excluding tert-OH is 2. The summed E-state index contributed by atoms with van der Waals surface area (Å²) in [6, 6.07) is 18.0. The Morgan fingerprint density at radius 3 is 1.67 bits per heavy atom. The van der Waals surface area contributed by atoms with Gasteiger partial charge in [-0.2, -0.15) is 0 Å². The second-order valence-corrected chi connectivity index (χ2v) is 11.4. The normalized spacial score (nSPS) is 29.5. The number of ether oxygens (including phenoxy) is 6. The molecule has 0 saturated carbocycles. The van der Waals surface area contributed by atoms with Gasteiger partial charge in [0.2, 0.25) is 6.29 Å². The Hall–Kier alpha value is -4.24. The van der Waals surface area contributed by atoms with Crippen molar-refractivity contribution < 1.29 is 48.2 Å². The SMILES string of the molecule is CC(=O)OC1[C@H](OC(C)=O)OC(COCc2ccccc2)[C@H](N=[N+]=[N-])[C@@H]1C.C[C@@H]1C(O)[C@H](O)OC(COCc2ccccc2)[C@@H]1N=[N+]=[N-]. The van der Waals surface area contributed by atoms with Gasteiger partial charge in [0.1, 0.15) is 6.10 Å². The number of esters is 2. The maximum atomic E-state index is 11.4. The summed E-state index contributed by atoms with van der Waals surface area (Å²) in [6.45, 7) is 6.98. The summed E-state index contributed by atoms with van der Waals surface area (Å²) in [4.78, 5) is 28.5. The van der Waals surface area contributed by atoms with E-state index in [0.717, 1.165) is 11.1 Å². The molecule has 2 N–H and O–H groups in total. The molecular formula is C32H42N6O10. The lowest BCUT2D eigenvalue weighted by atomic mass is 9.89. The summed E-state index contributed by atoms with van der Waals surface area (Å²) in [5, 5.41) is 26.9. The van der Waals surface area contributed by atoms with E-state index in [9.17, 15) is 19.8 Å². The molecule has 16 heteroatoms. The molecule has 2 aliphatic rings. The summed E-state index contributed by atoms with van der Waals surface area (Å²) >= 11 is 0. The number of aliphatic hydroxyl groups is 2. The van der Waals surface area contributed by atoms with Crippen molar-refractivity contribution >= 4 is 11.9 Å². The van der Waals surface area contributed by atoms with Crippen LogP contribution in [0, 0.1) is 11.8 Å². The lowest BCUT2D eigenvalue weighted by Gasteiger charge is -2.42.